The standard InChI is InChI=1S/C17H24FN3O3/c1-12(2)19-16(23)21-7-5-14(18)17(11-21)6-8-20(10-17)15(22)13-4-3-9-24-13/h3-4,9,12,14H,5-8,10-11H2,1-2H3,(H,19,23)/t14-,17+/m0/s1. The molecule has 1 N–H and O–H groups in total. The van der Waals surface area contributed by atoms with Crippen LogP contribution in [-0.2, 0) is 0 Å². The smallest absolute Gasteiger partial charge is 0.317 e. The Morgan fingerprint density at radius 3 is 2.75 bits per heavy atom. The lowest BCUT2D eigenvalue weighted by molar-refractivity contribution is 0.0243. The number of furan rings is 1. The Morgan fingerprint density at radius 1 is 1.33 bits per heavy atom. The predicted octanol–water partition coefficient (Wildman–Crippen LogP) is 2.27. The first kappa shape index (κ1) is 16.8. The van der Waals surface area contributed by atoms with Gasteiger partial charge >= 0.3 is 6.03 Å². The largest absolute Gasteiger partial charge is 0.459 e. The quantitative estimate of drug-likeness (QED) is 0.900. The van der Waals surface area contributed by atoms with Crippen LogP contribution in [0, 0.1) is 5.41 Å². The van der Waals surface area contributed by atoms with Crippen LogP contribution in [0.3, 0.4) is 0 Å². The molecule has 0 unspecified atom stereocenters. The summed E-state index contributed by atoms with van der Waals surface area (Å²) in [5.74, 6) is 0.0560. The van der Waals surface area contributed by atoms with E-state index in [1.54, 1.807) is 21.9 Å². The van der Waals surface area contributed by atoms with E-state index in [1.807, 2.05) is 13.8 Å². The molecule has 7 heteroatoms. The van der Waals surface area contributed by atoms with E-state index < -0.39 is 11.6 Å². The highest BCUT2D eigenvalue weighted by atomic mass is 19.1. The minimum atomic E-state index is -1.00. The minimum absolute atomic E-state index is 0.0390. The topological polar surface area (TPSA) is 65.8 Å². The first-order valence-corrected chi connectivity index (χ1v) is 8.43. The van der Waals surface area contributed by atoms with E-state index >= 15 is 0 Å². The van der Waals surface area contributed by atoms with Gasteiger partial charge in [-0.15, -0.1) is 0 Å². The van der Waals surface area contributed by atoms with Crippen molar-refractivity contribution in [3.8, 4) is 0 Å². The molecule has 0 saturated carbocycles. The number of urea groups is 1. The second-order valence-corrected chi connectivity index (χ2v) is 7.10. The number of carbonyl (C=O) groups excluding carboxylic acids is 2. The second kappa shape index (κ2) is 6.45. The van der Waals surface area contributed by atoms with Crippen molar-refractivity contribution in [2.24, 2.45) is 5.41 Å². The van der Waals surface area contributed by atoms with Crippen LogP contribution in [0.15, 0.2) is 22.8 Å². The fraction of sp³-hybridized carbons (Fsp3) is 0.647. The summed E-state index contributed by atoms with van der Waals surface area (Å²) in [5.41, 5.74) is -0.672. The SMILES string of the molecule is CC(C)NC(=O)N1CC[C@H](F)[C@@]2(CCN(C(=O)c3ccco3)C2)C1. The zero-order valence-corrected chi connectivity index (χ0v) is 14.1. The van der Waals surface area contributed by atoms with Gasteiger partial charge in [-0.3, -0.25) is 4.79 Å². The van der Waals surface area contributed by atoms with E-state index in [9.17, 15) is 14.0 Å². The third-order valence-corrected chi connectivity index (χ3v) is 4.93. The summed E-state index contributed by atoms with van der Waals surface area (Å²) in [5, 5.41) is 2.86. The molecule has 0 aromatic carbocycles. The van der Waals surface area contributed by atoms with Crippen molar-refractivity contribution in [2.45, 2.75) is 38.9 Å². The lowest BCUT2D eigenvalue weighted by atomic mass is 9.77. The molecule has 2 aliphatic heterocycles. The van der Waals surface area contributed by atoms with Gasteiger partial charge in [-0.2, -0.15) is 0 Å². The van der Waals surface area contributed by atoms with Gasteiger partial charge in [-0.1, -0.05) is 0 Å². The van der Waals surface area contributed by atoms with Crippen LogP contribution in [0.4, 0.5) is 9.18 Å². The van der Waals surface area contributed by atoms with Crippen molar-refractivity contribution in [3.63, 3.8) is 0 Å². The Morgan fingerprint density at radius 2 is 2.08 bits per heavy atom. The highest BCUT2D eigenvalue weighted by Gasteiger charge is 2.50. The molecule has 1 spiro atoms. The number of alkyl halides is 1. The molecule has 3 rings (SSSR count). The molecule has 132 valence electrons. The van der Waals surface area contributed by atoms with Crippen LogP contribution in [0.25, 0.3) is 0 Å². The molecule has 1 aromatic rings. The Bertz CT molecular complexity index is 604. The van der Waals surface area contributed by atoms with Gasteiger partial charge in [-0.25, -0.2) is 9.18 Å². The van der Waals surface area contributed by atoms with E-state index in [0.29, 0.717) is 39.0 Å². The predicted molar refractivity (Wildman–Crippen MR) is 86.4 cm³/mol. The molecule has 3 heterocycles. The first-order valence-electron chi connectivity index (χ1n) is 8.43. The summed E-state index contributed by atoms with van der Waals surface area (Å²) < 4.78 is 19.9. The summed E-state index contributed by atoms with van der Waals surface area (Å²) in [7, 11) is 0. The maximum atomic E-state index is 14.7. The van der Waals surface area contributed by atoms with E-state index in [4.69, 9.17) is 4.42 Å². The molecule has 2 aliphatic rings. The molecule has 6 nitrogen and oxygen atoms in total. The third-order valence-electron chi connectivity index (χ3n) is 4.93. The summed E-state index contributed by atoms with van der Waals surface area (Å²) >= 11 is 0. The summed E-state index contributed by atoms with van der Waals surface area (Å²) in [6.07, 6.45) is 1.32. The van der Waals surface area contributed by atoms with E-state index in [-0.39, 0.29) is 23.7 Å². The normalized spacial score (nSPS) is 27.1. The molecule has 2 saturated heterocycles. The number of piperidine rings is 1. The Labute approximate surface area is 141 Å². The van der Waals surface area contributed by atoms with E-state index in [1.165, 1.54) is 6.26 Å². The number of nitrogens with zero attached hydrogens (tertiary/aromatic N) is 2. The molecule has 1 aromatic heterocycles. The fourth-order valence-corrected chi connectivity index (χ4v) is 3.66. The van der Waals surface area contributed by atoms with Gasteiger partial charge < -0.3 is 19.5 Å². The monoisotopic (exact) mass is 337 g/mol. The average Bonchev–Trinajstić information content (AvgIpc) is 3.19. The van der Waals surface area contributed by atoms with Gasteiger partial charge in [0.25, 0.3) is 5.91 Å². The van der Waals surface area contributed by atoms with Gasteiger partial charge in [-0.05, 0) is 38.8 Å². The van der Waals surface area contributed by atoms with Crippen LogP contribution < -0.4 is 5.32 Å². The Hall–Kier alpha value is -2.05. The van der Waals surface area contributed by atoms with Crippen LogP contribution in [0.1, 0.15) is 37.2 Å². The molecule has 2 fully saturated rings. The molecule has 0 aliphatic carbocycles. The Balaban J connectivity index is 1.70. The third kappa shape index (κ3) is 3.12. The second-order valence-electron chi connectivity index (χ2n) is 7.10. The summed E-state index contributed by atoms with van der Waals surface area (Å²) in [6.45, 7) is 5.35. The molecule has 0 radical (unpaired) electrons. The fourth-order valence-electron chi connectivity index (χ4n) is 3.66. The van der Waals surface area contributed by atoms with Gasteiger partial charge in [0.15, 0.2) is 5.76 Å². The van der Waals surface area contributed by atoms with E-state index in [2.05, 4.69) is 5.32 Å². The number of hydrogen-bond donors (Lipinski definition) is 1. The zero-order chi connectivity index (χ0) is 17.3. The zero-order valence-electron chi connectivity index (χ0n) is 14.1. The lowest BCUT2D eigenvalue weighted by Gasteiger charge is -2.42. The number of likely N-dealkylation sites (tertiary alicyclic amines) is 2. The van der Waals surface area contributed by atoms with Crippen molar-refractivity contribution < 1.29 is 18.4 Å². The van der Waals surface area contributed by atoms with Crippen LogP contribution in [0.2, 0.25) is 0 Å². The lowest BCUT2D eigenvalue weighted by Crippen LogP contribution is -2.56. The molecule has 0 bridgehead atoms. The molecule has 3 amide bonds. The number of rotatable bonds is 2. The van der Waals surface area contributed by atoms with Crippen LogP contribution >= 0.6 is 0 Å². The first-order chi connectivity index (χ1) is 11.4. The number of hydrogen-bond acceptors (Lipinski definition) is 3. The maximum Gasteiger partial charge on any atom is 0.317 e. The number of amides is 3. The average molecular weight is 337 g/mol. The Kier molecular flexibility index (Phi) is 4.51. The number of halogens is 1. The van der Waals surface area contributed by atoms with Gasteiger partial charge in [0.05, 0.1) is 6.26 Å². The minimum Gasteiger partial charge on any atom is -0.459 e. The van der Waals surface area contributed by atoms with Crippen LogP contribution in [-0.4, -0.2) is 60.1 Å². The van der Waals surface area contributed by atoms with Crippen molar-refractivity contribution in [1.29, 1.82) is 0 Å². The molecule has 24 heavy (non-hydrogen) atoms. The highest BCUT2D eigenvalue weighted by Crippen LogP contribution is 2.41. The van der Waals surface area contributed by atoms with Crippen LogP contribution in [0.5, 0.6) is 0 Å². The molecular formula is C17H24FN3O3. The maximum absolute atomic E-state index is 14.7. The molecule has 2 atom stereocenters. The van der Waals surface area contributed by atoms with Crippen molar-refractivity contribution in [3.05, 3.63) is 24.2 Å². The van der Waals surface area contributed by atoms with Gasteiger partial charge in [0, 0.05) is 37.6 Å². The summed E-state index contributed by atoms with van der Waals surface area (Å²) in [4.78, 5) is 28.0. The number of nitrogens with one attached hydrogen (secondary N) is 1. The van der Waals surface area contributed by atoms with Gasteiger partial charge in [0.1, 0.15) is 6.17 Å². The van der Waals surface area contributed by atoms with Crippen molar-refractivity contribution >= 4 is 11.9 Å². The van der Waals surface area contributed by atoms with Crippen molar-refractivity contribution in [2.75, 3.05) is 26.2 Å². The van der Waals surface area contributed by atoms with E-state index in [0.717, 1.165) is 0 Å². The highest BCUT2D eigenvalue weighted by molar-refractivity contribution is 5.91. The molecular weight excluding hydrogens is 313 g/mol. The number of carbonyl (C=O) groups is 2. The summed E-state index contributed by atoms with van der Waals surface area (Å²) in [6, 6.07) is 3.16. The van der Waals surface area contributed by atoms with Gasteiger partial charge in [0.2, 0.25) is 0 Å². The van der Waals surface area contributed by atoms with Crippen molar-refractivity contribution in [1.82, 2.24) is 15.1 Å².